The maximum Gasteiger partial charge on any atom is 0.240 e. The molecule has 0 spiro atoms. The van der Waals surface area contributed by atoms with Gasteiger partial charge in [0.15, 0.2) is 0 Å². The lowest BCUT2D eigenvalue weighted by Gasteiger charge is -2.14. The van der Waals surface area contributed by atoms with E-state index in [-0.39, 0.29) is 0 Å². The fourth-order valence-corrected chi connectivity index (χ4v) is 2.85. The second-order valence-electron chi connectivity index (χ2n) is 4.24. The summed E-state index contributed by atoms with van der Waals surface area (Å²) in [4.78, 5) is 0.325. The van der Waals surface area contributed by atoms with Crippen LogP contribution in [0.5, 0.6) is 0 Å². The van der Waals surface area contributed by atoms with E-state index in [1.807, 2.05) is 19.2 Å². The van der Waals surface area contributed by atoms with Crippen molar-refractivity contribution in [3.63, 3.8) is 0 Å². The molecule has 1 aromatic carbocycles. The number of hydrogen-bond acceptors (Lipinski definition) is 3. The van der Waals surface area contributed by atoms with E-state index >= 15 is 0 Å². The first kappa shape index (κ1) is 15.1. The SMILES string of the molecule is CCNS(=O)(=O)c1ccc(CC(CC)NC)cc1. The minimum Gasteiger partial charge on any atom is -0.317 e. The van der Waals surface area contributed by atoms with Crippen molar-refractivity contribution in [2.75, 3.05) is 13.6 Å². The van der Waals surface area contributed by atoms with Crippen LogP contribution >= 0.6 is 0 Å². The molecular weight excluding hydrogens is 248 g/mol. The van der Waals surface area contributed by atoms with Crippen LogP contribution in [0, 0.1) is 0 Å². The highest BCUT2D eigenvalue weighted by atomic mass is 32.2. The summed E-state index contributed by atoms with van der Waals surface area (Å²) >= 11 is 0. The van der Waals surface area contributed by atoms with Gasteiger partial charge >= 0.3 is 0 Å². The quantitative estimate of drug-likeness (QED) is 0.790. The molecule has 0 bridgehead atoms. The molecule has 1 atom stereocenters. The molecule has 1 aromatic rings. The molecule has 5 heteroatoms. The second kappa shape index (κ2) is 6.87. The number of hydrogen-bond donors (Lipinski definition) is 2. The Kier molecular flexibility index (Phi) is 5.78. The molecule has 0 aliphatic heterocycles. The van der Waals surface area contributed by atoms with Gasteiger partial charge in [-0.25, -0.2) is 13.1 Å². The molecule has 2 N–H and O–H groups in total. The molecule has 4 nitrogen and oxygen atoms in total. The van der Waals surface area contributed by atoms with Gasteiger partial charge in [-0.05, 0) is 37.6 Å². The Morgan fingerprint density at radius 3 is 2.22 bits per heavy atom. The van der Waals surface area contributed by atoms with Crippen LogP contribution in [0.15, 0.2) is 29.2 Å². The molecule has 0 saturated carbocycles. The first-order valence-corrected chi connectivity index (χ1v) is 7.77. The van der Waals surface area contributed by atoms with Crippen molar-refractivity contribution in [2.45, 2.75) is 37.6 Å². The van der Waals surface area contributed by atoms with Crippen LogP contribution in [0.25, 0.3) is 0 Å². The lowest BCUT2D eigenvalue weighted by Crippen LogP contribution is -2.26. The average Bonchev–Trinajstić information content (AvgIpc) is 2.36. The van der Waals surface area contributed by atoms with Crippen LogP contribution in [-0.2, 0) is 16.4 Å². The minimum absolute atomic E-state index is 0.325. The largest absolute Gasteiger partial charge is 0.317 e. The van der Waals surface area contributed by atoms with Gasteiger partial charge in [-0.15, -0.1) is 0 Å². The number of nitrogens with one attached hydrogen (secondary N) is 2. The van der Waals surface area contributed by atoms with Crippen molar-refractivity contribution in [1.82, 2.24) is 10.0 Å². The van der Waals surface area contributed by atoms with E-state index in [1.54, 1.807) is 19.1 Å². The van der Waals surface area contributed by atoms with Gasteiger partial charge in [0.25, 0.3) is 0 Å². The Bertz CT molecular complexity index is 450. The van der Waals surface area contributed by atoms with Crippen molar-refractivity contribution < 1.29 is 8.42 Å². The summed E-state index contributed by atoms with van der Waals surface area (Å²) in [6, 6.07) is 7.51. The fourth-order valence-electron chi connectivity index (χ4n) is 1.81. The minimum atomic E-state index is -3.33. The first-order chi connectivity index (χ1) is 8.53. The summed E-state index contributed by atoms with van der Waals surface area (Å²) in [7, 11) is -1.39. The summed E-state index contributed by atoms with van der Waals surface area (Å²) in [5, 5.41) is 3.23. The topological polar surface area (TPSA) is 58.2 Å². The number of likely N-dealkylation sites (N-methyl/N-ethyl adjacent to an activating group) is 1. The van der Waals surface area contributed by atoms with Crippen LogP contribution in [0.1, 0.15) is 25.8 Å². The Balaban J connectivity index is 2.80. The van der Waals surface area contributed by atoms with Gasteiger partial charge in [-0.3, -0.25) is 0 Å². The van der Waals surface area contributed by atoms with Crippen molar-refractivity contribution in [2.24, 2.45) is 0 Å². The maximum atomic E-state index is 11.8. The number of rotatable bonds is 7. The zero-order chi connectivity index (χ0) is 13.6. The molecule has 0 aromatic heterocycles. The van der Waals surface area contributed by atoms with Gasteiger partial charge in [0.2, 0.25) is 10.0 Å². The lowest BCUT2D eigenvalue weighted by atomic mass is 10.0. The standard InChI is InChI=1S/C13H22N2O2S/c1-4-12(14-3)10-11-6-8-13(9-7-11)18(16,17)15-5-2/h6-9,12,14-15H,4-5,10H2,1-3H3. The van der Waals surface area contributed by atoms with Gasteiger partial charge in [0, 0.05) is 12.6 Å². The molecule has 0 heterocycles. The van der Waals surface area contributed by atoms with Gasteiger partial charge in [0.1, 0.15) is 0 Å². The number of benzene rings is 1. The van der Waals surface area contributed by atoms with Gasteiger partial charge < -0.3 is 5.32 Å². The third kappa shape index (κ3) is 4.08. The molecule has 102 valence electrons. The van der Waals surface area contributed by atoms with Crippen molar-refractivity contribution >= 4 is 10.0 Å². The van der Waals surface area contributed by atoms with Crippen LogP contribution in [-0.4, -0.2) is 28.1 Å². The van der Waals surface area contributed by atoms with E-state index < -0.39 is 10.0 Å². The van der Waals surface area contributed by atoms with E-state index in [2.05, 4.69) is 17.0 Å². The zero-order valence-electron chi connectivity index (χ0n) is 11.2. The Morgan fingerprint density at radius 1 is 1.17 bits per heavy atom. The van der Waals surface area contributed by atoms with E-state index in [0.29, 0.717) is 17.5 Å². The molecule has 0 fully saturated rings. The summed E-state index contributed by atoms with van der Waals surface area (Å²) in [6.45, 7) is 4.30. The predicted octanol–water partition coefficient (Wildman–Crippen LogP) is 1.53. The van der Waals surface area contributed by atoms with Crippen LogP contribution < -0.4 is 10.0 Å². The van der Waals surface area contributed by atoms with Crippen molar-refractivity contribution in [1.29, 1.82) is 0 Å². The summed E-state index contributed by atoms with van der Waals surface area (Å²) in [6.07, 6.45) is 1.96. The first-order valence-electron chi connectivity index (χ1n) is 6.29. The van der Waals surface area contributed by atoms with Crippen LogP contribution in [0.2, 0.25) is 0 Å². The average molecular weight is 270 g/mol. The van der Waals surface area contributed by atoms with Gasteiger partial charge in [0.05, 0.1) is 4.90 Å². The Hall–Kier alpha value is -0.910. The van der Waals surface area contributed by atoms with Crippen molar-refractivity contribution in [3.05, 3.63) is 29.8 Å². The summed E-state index contributed by atoms with van der Waals surface area (Å²) < 4.78 is 26.0. The highest BCUT2D eigenvalue weighted by Gasteiger charge is 2.12. The van der Waals surface area contributed by atoms with Crippen LogP contribution in [0.4, 0.5) is 0 Å². The zero-order valence-corrected chi connectivity index (χ0v) is 12.0. The highest BCUT2D eigenvalue weighted by Crippen LogP contribution is 2.12. The lowest BCUT2D eigenvalue weighted by molar-refractivity contribution is 0.543. The van der Waals surface area contributed by atoms with E-state index in [9.17, 15) is 8.42 Å². The molecule has 0 aliphatic carbocycles. The Morgan fingerprint density at radius 2 is 1.78 bits per heavy atom. The van der Waals surface area contributed by atoms with Gasteiger partial charge in [-0.1, -0.05) is 26.0 Å². The molecule has 1 unspecified atom stereocenters. The molecular formula is C13H22N2O2S. The smallest absolute Gasteiger partial charge is 0.240 e. The molecule has 0 aliphatic rings. The van der Waals surface area contributed by atoms with Crippen LogP contribution in [0.3, 0.4) is 0 Å². The Labute approximate surface area is 110 Å². The monoisotopic (exact) mass is 270 g/mol. The predicted molar refractivity (Wildman–Crippen MR) is 74.1 cm³/mol. The third-order valence-corrected chi connectivity index (χ3v) is 4.51. The molecule has 1 rings (SSSR count). The summed E-state index contributed by atoms with van der Waals surface area (Å²) in [5.74, 6) is 0. The molecule has 0 radical (unpaired) electrons. The molecule has 0 amide bonds. The van der Waals surface area contributed by atoms with E-state index in [1.165, 1.54) is 0 Å². The van der Waals surface area contributed by atoms with E-state index in [0.717, 1.165) is 18.4 Å². The van der Waals surface area contributed by atoms with Crippen molar-refractivity contribution in [3.8, 4) is 0 Å². The molecule has 18 heavy (non-hydrogen) atoms. The van der Waals surface area contributed by atoms with E-state index in [4.69, 9.17) is 0 Å². The fraction of sp³-hybridized carbons (Fsp3) is 0.538. The highest BCUT2D eigenvalue weighted by molar-refractivity contribution is 7.89. The normalized spacial score (nSPS) is 13.5. The number of sulfonamides is 1. The second-order valence-corrected chi connectivity index (χ2v) is 6.01. The molecule has 0 saturated heterocycles. The maximum absolute atomic E-state index is 11.8. The van der Waals surface area contributed by atoms with Gasteiger partial charge in [-0.2, -0.15) is 0 Å². The third-order valence-electron chi connectivity index (χ3n) is 2.95. The summed E-state index contributed by atoms with van der Waals surface area (Å²) in [5.41, 5.74) is 1.15.